The molecule has 0 spiro atoms. The van der Waals surface area contributed by atoms with Crippen LogP contribution >= 0.6 is 0 Å². The third-order valence-electron chi connectivity index (χ3n) is 1.94. The molecule has 88 valence electrons. The minimum absolute atomic E-state index is 0.0273. The first-order valence-corrected chi connectivity index (χ1v) is 5.57. The third kappa shape index (κ3) is 10.9. The lowest BCUT2D eigenvalue weighted by Gasteiger charge is -2.04. The van der Waals surface area contributed by atoms with Crippen LogP contribution in [0.3, 0.4) is 0 Å². The van der Waals surface area contributed by atoms with Crippen LogP contribution < -0.4 is 5.32 Å². The summed E-state index contributed by atoms with van der Waals surface area (Å²) in [6.45, 7) is 4.71. The lowest BCUT2D eigenvalue weighted by Crippen LogP contribution is -2.21. The van der Waals surface area contributed by atoms with Crippen molar-refractivity contribution < 1.29 is 14.3 Å². The SMILES string of the molecule is CCCCOC(=O)CCCCNC(C)=O. The Bertz CT molecular complexity index is 192. The predicted molar refractivity (Wildman–Crippen MR) is 58.4 cm³/mol. The monoisotopic (exact) mass is 215 g/mol. The van der Waals surface area contributed by atoms with E-state index in [1.165, 1.54) is 6.92 Å². The molecular weight excluding hydrogens is 194 g/mol. The summed E-state index contributed by atoms with van der Waals surface area (Å²) >= 11 is 0. The maximum Gasteiger partial charge on any atom is 0.305 e. The summed E-state index contributed by atoms with van der Waals surface area (Å²) in [6, 6.07) is 0. The van der Waals surface area contributed by atoms with E-state index in [0.29, 0.717) is 19.6 Å². The Hall–Kier alpha value is -1.06. The summed E-state index contributed by atoms with van der Waals surface area (Å²) in [4.78, 5) is 21.6. The smallest absolute Gasteiger partial charge is 0.305 e. The number of nitrogens with one attached hydrogen (secondary N) is 1. The van der Waals surface area contributed by atoms with E-state index in [2.05, 4.69) is 12.2 Å². The van der Waals surface area contributed by atoms with E-state index in [0.717, 1.165) is 25.7 Å². The fourth-order valence-electron chi connectivity index (χ4n) is 1.06. The predicted octanol–water partition coefficient (Wildman–Crippen LogP) is 1.64. The van der Waals surface area contributed by atoms with Gasteiger partial charge in [-0.1, -0.05) is 13.3 Å². The minimum Gasteiger partial charge on any atom is -0.466 e. The Labute approximate surface area is 91.4 Å². The van der Waals surface area contributed by atoms with Gasteiger partial charge in [0.1, 0.15) is 0 Å². The molecule has 0 bridgehead atoms. The highest BCUT2D eigenvalue weighted by molar-refractivity contribution is 5.72. The summed E-state index contributed by atoms with van der Waals surface area (Å²) < 4.78 is 4.98. The van der Waals surface area contributed by atoms with Gasteiger partial charge in [-0.05, 0) is 19.3 Å². The molecule has 0 aromatic carbocycles. The van der Waals surface area contributed by atoms with E-state index < -0.39 is 0 Å². The molecule has 1 amide bonds. The van der Waals surface area contributed by atoms with Gasteiger partial charge in [-0.25, -0.2) is 0 Å². The van der Waals surface area contributed by atoms with Crippen molar-refractivity contribution in [2.24, 2.45) is 0 Å². The molecule has 0 unspecified atom stereocenters. The molecule has 0 aliphatic rings. The summed E-state index contributed by atoms with van der Waals surface area (Å²) in [5.74, 6) is -0.160. The average molecular weight is 215 g/mol. The number of rotatable bonds is 8. The zero-order valence-corrected chi connectivity index (χ0v) is 9.67. The molecule has 0 rings (SSSR count). The van der Waals surface area contributed by atoms with Crippen molar-refractivity contribution in [2.45, 2.75) is 46.0 Å². The molecule has 0 fully saturated rings. The van der Waals surface area contributed by atoms with Crippen LogP contribution in [0.2, 0.25) is 0 Å². The van der Waals surface area contributed by atoms with E-state index in [1.807, 2.05) is 0 Å². The molecule has 0 aromatic rings. The fourth-order valence-corrected chi connectivity index (χ4v) is 1.06. The van der Waals surface area contributed by atoms with Crippen molar-refractivity contribution in [1.29, 1.82) is 0 Å². The molecule has 0 atom stereocenters. The molecule has 1 N–H and O–H groups in total. The van der Waals surface area contributed by atoms with E-state index in [1.54, 1.807) is 0 Å². The Morgan fingerprint density at radius 3 is 2.53 bits per heavy atom. The first-order valence-electron chi connectivity index (χ1n) is 5.57. The van der Waals surface area contributed by atoms with E-state index >= 15 is 0 Å². The molecule has 0 saturated heterocycles. The highest BCUT2D eigenvalue weighted by Gasteiger charge is 2.01. The number of hydrogen-bond donors (Lipinski definition) is 1. The average Bonchev–Trinajstić information content (AvgIpc) is 2.17. The number of unbranched alkanes of at least 4 members (excludes halogenated alkanes) is 2. The number of ether oxygens (including phenoxy) is 1. The Kier molecular flexibility index (Phi) is 8.82. The van der Waals surface area contributed by atoms with Crippen molar-refractivity contribution in [3.8, 4) is 0 Å². The molecule has 0 aliphatic heterocycles. The van der Waals surface area contributed by atoms with E-state index in [4.69, 9.17) is 4.74 Å². The van der Waals surface area contributed by atoms with Crippen LogP contribution in [0.4, 0.5) is 0 Å². The lowest BCUT2D eigenvalue weighted by atomic mass is 10.2. The zero-order chi connectivity index (χ0) is 11.5. The van der Waals surface area contributed by atoms with Crippen LogP contribution in [0, 0.1) is 0 Å². The first kappa shape index (κ1) is 13.9. The van der Waals surface area contributed by atoms with Gasteiger partial charge >= 0.3 is 5.97 Å². The molecule has 0 heterocycles. The zero-order valence-electron chi connectivity index (χ0n) is 9.67. The largest absolute Gasteiger partial charge is 0.466 e. The number of amides is 1. The summed E-state index contributed by atoms with van der Waals surface area (Å²) in [5.41, 5.74) is 0. The van der Waals surface area contributed by atoms with Crippen LogP contribution in [-0.2, 0) is 14.3 Å². The van der Waals surface area contributed by atoms with Gasteiger partial charge in [0.05, 0.1) is 6.61 Å². The van der Waals surface area contributed by atoms with Crippen molar-refractivity contribution in [2.75, 3.05) is 13.2 Å². The highest BCUT2D eigenvalue weighted by atomic mass is 16.5. The first-order chi connectivity index (χ1) is 7.16. The fraction of sp³-hybridized carbons (Fsp3) is 0.818. The van der Waals surface area contributed by atoms with Crippen molar-refractivity contribution >= 4 is 11.9 Å². The minimum atomic E-state index is -0.133. The molecule has 0 saturated carbocycles. The maximum atomic E-state index is 11.1. The molecule has 4 nitrogen and oxygen atoms in total. The van der Waals surface area contributed by atoms with Crippen molar-refractivity contribution in [3.05, 3.63) is 0 Å². The van der Waals surface area contributed by atoms with Gasteiger partial charge in [-0.3, -0.25) is 9.59 Å². The maximum absolute atomic E-state index is 11.1. The molecule has 0 aliphatic carbocycles. The van der Waals surface area contributed by atoms with Gasteiger partial charge in [0.25, 0.3) is 0 Å². The van der Waals surface area contributed by atoms with Gasteiger partial charge in [-0.2, -0.15) is 0 Å². The van der Waals surface area contributed by atoms with Gasteiger partial charge in [0.15, 0.2) is 0 Å². The molecule has 4 heteroatoms. The third-order valence-corrected chi connectivity index (χ3v) is 1.94. The molecule has 0 radical (unpaired) electrons. The van der Waals surface area contributed by atoms with Gasteiger partial charge in [0.2, 0.25) is 5.91 Å². The van der Waals surface area contributed by atoms with Crippen LogP contribution in [-0.4, -0.2) is 25.0 Å². The summed E-state index contributed by atoms with van der Waals surface area (Å²) in [6.07, 6.45) is 4.00. The standard InChI is InChI=1S/C11H21NO3/c1-3-4-9-15-11(14)7-5-6-8-12-10(2)13/h3-9H2,1-2H3,(H,12,13). The summed E-state index contributed by atoms with van der Waals surface area (Å²) in [5, 5.41) is 2.68. The van der Waals surface area contributed by atoms with E-state index in [-0.39, 0.29) is 11.9 Å². The molecular formula is C11H21NO3. The van der Waals surface area contributed by atoms with Crippen molar-refractivity contribution in [1.82, 2.24) is 5.32 Å². The number of esters is 1. The quantitative estimate of drug-likeness (QED) is 0.494. The number of carbonyl (C=O) groups excluding carboxylic acids is 2. The normalized spacial score (nSPS) is 9.73. The number of carbonyl (C=O) groups is 2. The lowest BCUT2D eigenvalue weighted by molar-refractivity contribution is -0.143. The summed E-state index contributed by atoms with van der Waals surface area (Å²) in [7, 11) is 0. The number of hydrogen-bond acceptors (Lipinski definition) is 3. The van der Waals surface area contributed by atoms with Crippen LogP contribution in [0.1, 0.15) is 46.0 Å². The Balaban J connectivity index is 3.20. The Morgan fingerprint density at radius 1 is 1.20 bits per heavy atom. The second kappa shape index (κ2) is 9.49. The topological polar surface area (TPSA) is 55.4 Å². The van der Waals surface area contributed by atoms with Gasteiger partial charge in [-0.15, -0.1) is 0 Å². The second-order valence-electron chi connectivity index (χ2n) is 3.51. The molecule has 15 heavy (non-hydrogen) atoms. The second-order valence-corrected chi connectivity index (χ2v) is 3.51. The van der Waals surface area contributed by atoms with Crippen LogP contribution in [0.25, 0.3) is 0 Å². The highest BCUT2D eigenvalue weighted by Crippen LogP contribution is 1.98. The van der Waals surface area contributed by atoms with Gasteiger partial charge in [0, 0.05) is 19.9 Å². The van der Waals surface area contributed by atoms with Crippen LogP contribution in [0.5, 0.6) is 0 Å². The van der Waals surface area contributed by atoms with E-state index in [9.17, 15) is 9.59 Å². The van der Waals surface area contributed by atoms with Gasteiger partial charge < -0.3 is 10.1 Å². The molecule has 0 aromatic heterocycles. The van der Waals surface area contributed by atoms with Crippen LogP contribution in [0.15, 0.2) is 0 Å². The Morgan fingerprint density at radius 2 is 1.93 bits per heavy atom. The van der Waals surface area contributed by atoms with Crippen molar-refractivity contribution in [3.63, 3.8) is 0 Å².